The number of hydrogen-bond donors (Lipinski definition) is 1. The van der Waals surface area contributed by atoms with E-state index in [2.05, 4.69) is 0 Å². The number of sulfonamides is 1. The van der Waals surface area contributed by atoms with Gasteiger partial charge in [0, 0.05) is 31.1 Å². The van der Waals surface area contributed by atoms with Gasteiger partial charge in [-0.3, -0.25) is 10.1 Å². The molecular formula is C27H28FN3O5S. The summed E-state index contributed by atoms with van der Waals surface area (Å²) in [6.07, 6.45) is 0.987. The first-order valence-electron chi connectivity index (χ1n) is 12.1. The minimum Gasteiger partial charge on any atom is -0.395 e. The number of likely N-dealkylation sites (N-methyl/N-ethyl adjacent to an activating group) is 1. The van der Waals surface area contributed by atoms with Gasteiger partial charge >= 0.3 is 0 Å². The maximum absolute atomic E-state index is 14.6. The quantitative estimate of drug-likeness (QED) is 0.371. The van der Waals surface area contributed by atoms with Crippen LogP contribution >= 0.6 is 0 Å². The number of aliphatic hydroxyl groups excluding tert-OH is 1. The third-order valence-electron chi connectivity index (χ3n) is 7.42. The second-order valence-electron chi connectivity index (χ2n) is 9.71. The Hall–Kier alpha value is -3.18. The summed E-state index contributed by atoms with van der Waals surface area (Å²) in [6.45, 7) is 0.553. The molecule has 1 aliphatic heterocycles. The Morgan fingerprint density at radius 3 is 2.54 bits per heavy atom. The fourth-order valence-electron chi connectivity index (χ4n) is 5.91. The second-order valence-corrected chi connectivity index (χ2v) is 11.5. The molecule has 0 unspecified atom stereocenters. The van der Waals surface area contributed by atoms with Crippen LogP contribution in [0.4, 0.5) is 10.1 Å². The molecule has 3 aromatic carbocycles. The Labute approximate surface area is 215 Å². The number of aliphatic hydroxyl groups is 1. The lowest BCUT2D eigenvalue weighted by Crippen LogP contribution is -2.44. The van der Waals surface area contributed by atoms with Crippen LogP contribution in [0.1, 0.15) is 40.6 Å². The van der Waals surface area contributed by atoms with Gasteiger partial charge in [-0.05, 0) is 60.3 Å². The highest BCUT2D eigenvalue weighted by molar-refractivity contribution is 7.89. The number of halogens is 1. The average molecular weight is 526 g/mol. The SMILES string of the molecule is CN(CCO)C[C@H]1C[C@@H]2c3ccccc3Cc3ccc(F)cc3[C@H]2N1S(=O)(=O)c1ccccc1[N+](=O)[O-]. The van der Waals surface area contributed by atoms with Crippen LogP contribution in [0.3, 0.4) is 0 Å². The van der Waals surface area contributed by atoms with Crippen LogP contribution < -0.4 is 0 Å². The van der Waals surface area contributed by atoms with Gasteiger partial charge in [-0.25, -0.2) is 12.8 Å². The Kier molecular flexibility index (Phi) is 6.84. The topological polar surface area (TPSA) is 104 Å². The Morgan fingerprint density at radius 1 is 1.08 bits per heavy atom. The molecule has 1 heterocycles. The Morgan fingerprint density at radius 2 is 1.78 bits per heavy atom. The zero-order valence-electron chi connectivity index (χ0n) is 20.3. The number of rotatable bonds is 7. The summed E-state index contributed by atoms with van der Waals surface area (Å²) in [5, 5.41) is 21.3. The first kappa shape index (κ1) is 25.5. The molecule has 2 aliphatic rings. The monoisotopic (exact) mass is 525 g/mol. The van der Waals surface area contributed by atoms with E-state index >= 15 is 0 Å². The number of para-hydroxylation sites is 1. The van der Waals surface area contributed by atoms with Crippen molar-refractivity contribution in [2.75, 3.05) is 26.7 Å². The van der Waals surface area contributed by atoms with Gasteiger partial charge in [0.1, 0.15) is 5.82 Å². The van der Waals surface area contributed by atoms with E-state index in [-0.39, 0.29) is 17.4 Å². The lowest BCUT2D eigenvalue weighted by molar-refractivity contribution is -0.387. The summed E-state index contributed by atoms with van der Waals surface area (Å²) in [5.74, 6) is -0.739. The molecule has 3 atom stereocenters. The van der Waals surface area contributed by atoms with Crippen molar-refractivity contribution in [3.05, 3.63) is 105 Å². The van der Waals surface area contributed by atoms with Gasteiger partial charge in [0.2, 0.25) is 0 Å². The summed E-state index contributed by atoms with van der Waals surface area (Å²) < 4.78 is 44.7. The van der Waals surface area contributed by atoms with Crippen molar-refractivity contribution in [2.45, 2.75) is 35.7 Å². The normalized spacial score (nSPS) is 21.2. The van der Waals surface area contributed by atoms with Crippen molar-refractivity contribution in [3.63, 3.8) is 0 Å². The van der Waals surface area contributed by atoms with E-state index in [1.807, 2.05) is 29.2 Å². The van der Waals surface area contributed by atoms with Crippen LogP contribution in [0.5, 0.6) is 0 Å². The summed E-state index contributed by atoms with van der Waals surface area (Å²) in [7, 11) is -2.60. The first-order chi connectivity index (χ1) is 17.7. The minimum atomic E-state index is -4.39. The molecule has 0 spiro atoms. The lowest BCUT2D eigenvalue weighted by Gasteiger charge is -2.33. The third kappa shape index (κ3) is 4.54. The molecule has 37 heavy (non-hydrogen) atoms. The molecule has 8 nitrogen and oxygen atoms in total. The van der Waals surface area contributed by atoms with Crippen LogP contribution in [-0.2, 0) is 16.4 Å². The van der Waals surface area contributed by atoms with E-state index in [0.717, 1.165) is 16.7 Å². The molecule has 0 saturated carbocycles. The van der Waals surface area contributed by atoms with Gasteiger partial charge in [0.15, 0.2) is 4.90 Å². The van der Waals surface area contributed by atoms with Crippen LogP contribution in [0, 0.1) is 15.9 Å². The summed E-state index contributed by atoms with van der Waals surface area (Å²) >= 11 is 0. The molecule has 3 aromatic rings. The van der Waals surface area contributed by atoms with Crippen molar-refractivity contribution in [3.8, 4) is 0 Å². The molecule has 5 rings (SSSR count). The van der Waals surface area contributed by atoms with E-state index in [9.17, 15) is 28.0 Å². The average Bonchev–Trinajstić information content (AvgIpc) is 3.19. The number of fused-ring (bicyclic) bond motifs is 5. The maximum atomic E-state index is 14.6. The van der Waals surface area contributed by atoms with Crippen molar-refractivity contribution in [1.82, 2.24) is 9.21 Å². The van der Waals surface area contributed by atoms with E-state index in [1.165, 1.54) is 40.7 Å². The van der Waals surface area contributed by atoms with E-state index < -0.39 is 38.5 Å². The molecule has 1 aliphatic carbocycles. The number of nitro groups is 1. The van der Waals surface area contributed by atoms with Crippen molar-refractivity contribution in [1.29, 1.82) is 0 Å². The van der Waals surface area contributed by atoms with E-state index in [0.29, 0.717) is 31.5 Å². The summed E-state index contributed by atoms with van der Waals surface area (Å²) in [4.78, 5) is 12.6. The molecule has 0 bridgehead atoms. The summed E-state index contributed by atoms with van der Waals surface area (Å²) in [6, 6.07) is 16.4. The zero-order chi connectivity index (χ0) is 26.3. The molecule has 1 saturated heterocycles. The van der Waals surface area contributed by atoms with Crippen LogP contribution in [0.15, 0.2) is 71.6 Å². The molecule has 1 N–H and O–H groups in total. The minimum absolute atomic E-state index is 0.0934. The largest absolute Gasteiger partial charge is 0.395 e. The van der Waals surface area contributed by atoms with Gasteiger partial charge in [-0.1, -0.05) is 42.5 Å². The molecule has 194 valence electrons. The predicted molar refractivity (Wildman–Crippen MR) is 136 cm³/mol. The molecule has 10 heteroatoms. The van der Waals surface area contributed by atoms with Gasteiger partial charge in [0.05, 0.1) is 17.6 Å². The number of benzene rings is 3. The van der Waals surface area contributed by atoms with Crippen LogP contribution in [0.2, 0.25) is 0 Å². The molecule has 1 fully saturated rings. The standard InChI is InChI=1S/C27H28FN3O5S/c1-29(12-13-32)17-21-16-24-22-7-3-2-6-18(22)14-19-10-11-20(28)15-23(19)27(24)30(21)37(35,36)26-9-5-4-8-25(26)31(33)34/h2-11,15,21,24,27,32H,12-14,16-17H2,1H3/t21-,24-,27-/m1/s1. The Balaban J connectivity index is 1.74. The fourth-order valence-corrected chi connectivity index (χ4v) is 7.90. The number of nitro benzene ring substituents is 1. The fraction of sp³-hybridized carbons (Fsp3) is 0.333. The molecule has 0 amide bonds. The van der Waals surface area contributed by atoms with Crippen molar-refractivity contribution in [2.24, 2.45) is 0 Å². The van der Waals surface area contributed by atoms with Gasteiger partial charge in [-0.2, -0.15) is 4.31 Å². The molecular weight excluding hydrogens is 497 g/mol. The zero-order valence-corrected chi connectivity index (χ0v) is 21.1. The third-order valence-corrected chi connectivity index (χ3v) is 9.41. The lowest BCUT2D eigenvalue weighted by atomic mass is 9.87. The van der Waals surface area contributed by atoms with Gasteiger partial charge in [-0.15, -0.1) is 0 Å². The maximum Gasteiger partial charge on any atom is 0.289 e. The molecule has 0 aromatic heterocycles. The summed E-state index contributed by atoms with van der Waals surface area (Å²) in [5.41, 5.74) is 2.96. The van der Waals surface area contributed by atoms with E-state index in [1.54, 1.807) is 13.1 Å². The van der Waals surface area contributed by atoms with Gasteiger partial charge < -0.3 is 10.0 Å². The highest BCUT2D eigenvalue weighted by Crippen LogP contribution is 2.53. The number of nitrogens with zero attached hydrogens (tertiary/aromatic N) is 3. The van der Waals surface area contributed by atoms with Crippen molar-refractivity contribution >= 4 is 15.7 Å². The highest BCUT2D eigenvalue weighted by Gasteiger charge is 2.52. The number of hydrogen-bond acceptors (Lipinski definition) is 6. The highest BCUT2D eigenvalue weighted by atomic mass is 32.2. The predicted octanol–water partition coefficient (Wildman–Crippen LogP) is 3.85. The second kappa shape index (κ2) is 9.94. The first-order valence-corrected chi connectivity index (χ1v) is 13.6. The Bertz CT molecular complexity index is 1450. The molecule has 0 radical (unpaired) electrons. The van der Waals surface area contributed by atoms with Crippen LogP contribution in [-0.4, -0.2) is 60.4 Å². The van der Waals surface area contributed by atoms with Crippen LogP contribution in [0.25, 0.3) is 0 Å². The van der Waals surface area contributed by atoms with Gasteiger partial charge in [0.25, 0.3) is 15.7 Å². The van der Waals surface area contributed by atoms with E-state index in [4.69, 9.17) is 0 Å². The van der Waals surface area contributed by atoms with Crippen molar-refractivity contribution < 1.29 is 22.8 Å². The smallest absolute Gasteiger partial charge is 0.289 e.